The van der Waals surface area contributed by atoms with Crippen molar-refractivity contribution in [2.75, 3.05) is 47.5 Å². The monoisotopic (exact) mass is 250 g/mol. The minimum atomic E-state index is -2.35. The van der Waals surface area contributed by atoms with Gasteiger partial charge in [-0.3, -0.25) is 0 Å². The van der Waals surface area contributed by atoms with Gasteiger partial charge < -0.3 is 23.9 Å². The first-order valence-electron chi connectivity index (χ1n) is 5.81. The van der Waals surface area contributed by atoms with E-state index in [1.807, 2.05) is 0 Å². The summed E-state index contributed by atoms with van der Waals surface area (Å²) in [5.41, 5.74) is 0. The van der Waals surface area contributed by atoms with Crippen molar-refractivity contribution in [2.45, 2.75) is 19.4 Å². The fourth-order valence-electron chi connectivity index (χ4n) is 1.46. The Kier molecular flexibility index (Phi) is 10.2. The minimum absolute atomic E-state index is 0.852. The summed E-state index contributed by atoms with van der Waals surface area (Å²) in [6, 6.07) is 0.852. The third-order valence-corrected chi connectivity index (χ3v) is 5.33. The van der Waals surface area contributed by atoms with Crippen molar-refractivity contribution in [3.63, 3.8) is 0 Å². The van der Waals surface area contributed by atoms with Crippen LogP contribution in [0.2, 0.25) is 6.04 Å². The molecular formula is C10H26N2O3Si. The molecule has 0 bridgehead atoms. The molecule has 0 rings (SSSR count). The second kappa shape index (κ2) is 10.2. The average Bonchev–Trinajstić information content (AvgIpc) is 2.34. The van der Waals surface area contributed by atoms with Crippen LogP contribution in [0.3, 0.4) is 0 Å². The minimum Gasteiger partial charge on any atom is -0.377 e. The molecule has 2 N–H and O–H groups in total. The SMILES string of the molecule is CCNCCNCCC[Si](OC)(OC)OC. The topological polar surface area (TPSA) is 51.8 Å². The molecule has 5 nitrogen and oxygen atoms in total. The van der Waals surface area contributed by atoms with Crippen molar-refractivity contribution in [1.82, 2.24) is 10.6 Å². The molecule has 0 aromatic carbocycles. The van der Waals surface area contributed by atoms with Crippen molar-refractivity contribution >= 4 is 8.80 Å². The molecule has 0 amide bonds. The summed E-state index contributed by atoms with van der Waals surface area (Å²) in [6.07, 6.45) is 1.01. The average molecular weight is 250 g/mol. The lowest BCUT2D eigenvalue weighted by molar-refractivity contribution is 0.123. The summed E-state index contributed by atoms with van der Waals surface area (Å²) in [7, 11) is 2.60. The number of rotatable bonds is 11. The Balaban J connectivity index is 3.48. The first kappa shape index (κ1) is 16.0. The van der Waals surface area contributed by atoms with Crippen molar-refractivity contribution in [3.8, 4) is 0 Å². The predicted molar refractivity (Wildman–Crippen MR) is 67.6 cm³/mol. The molecule has 0 aliphatic heterocycles. The van der Waals surface area contributed by atoms with Gasteiger partial charge >= 0.3 is 8.80 Å². The lowest BCUT2D eigenvalue weighted by Crippen LogP contribution is -2.43. The maximum atomic E-state index is 5.34. The van der Waals surface area contributed by atoms with Crippen molar-refractivity contribution in [3.05, 3.63) is 0 Å². The number of hydrogen-bond acceptors (Lipinski definition) is 5. The molecule has 98 valence electrons. The van der Waals surface area contributed by atoms with Crippen molar-refractivity contribution < 1.29 is 13.3 Å². The quantitative estimate of drug-likeness (QED) is 0.412. The van der Waals surface area contributed by atoms with Crippen LogP contribution in [-0.4, -0.2) is 56.3 Å². The molecule has 0 spiro atoms. The van der Waals surface area contributed by atoms with Gasteiger partial charge in [-0.15, -0.1) is 0 Å². The normalized spacial score (nSPS) is 12.0. The van der Waals surface area contributed by atoms with Gasteiger partial charge in [-0.25, -0.2) is 0 Å². The van der Waals surface area contributed by atoms with Crippen LogP contribution in [0.15, 0.2) is 0 Å². The summed E-state index contributed by atoms with van der Waals surface area (Å²) in [6.45, 7) is 6.11. The zero-order chi connectivity index (χ0) is 12.3. The van der Waals surface area contributed by atoms with Gasteiger partial charge in [-0.05, 0) is 19.5 Å². The van der Waals surface area contributed by atoms with Gasteiger partial charge in [-0.2, -0.15) is 0 Å². The van der Waals surface area contributed by atoms with Crippen LogP contribution in [0.25, 0.3) is 0 Å². The van der Waals surface area contributed by atoms with Gasteiger partial charge in [0.05, 0.1) is 0 Å². The Bertz CT molecular complexity index is 149. The molecule has 6 heteroatoms. The molecule has 0 aromatic heterocycles. The standard InChI is InChI=1S/C10H26N2O3Si/c1-5-11-8-9-12-7-6-10-16(13-2,14-3)15-4/h11-12H,5-10H2,1-4H3. The lowest BCUT2D eigenvalue weighted by atomic mass is 10.4. The molecule has 0 fully saturated rings. The third kappa shape index (κ3) is 6.57. The molecule has 0 saturated heterocycles. The van der Waals surface area contributed by atoms with Crippen LogP contribution in [-0.2, 0) is 13.3 Å². The van der Waals surface area contributed by atoms with E-state index in [1.54, 1.807) is 21.3 Å². The van der Waals surface area contributed by atoms with E-state index in [4.69, 9.17) is 13.3 Å². The van der Waals surface area contributed by atoms with Gasteiger partial charge in [0.1, 0.15) is 0 Å². The first-order chi connectivity index (χ1) is 7.74. The highest BCUT2D eigenvalue weighted by Gasteiger charge is 2.36. The zero-order valence-corrected chi connectivity index (χ0v) is 12.0. The Morgan fingerprint density at radius 3 is 1.94 bits per heavy atom. The van der Waals surface area contributed by atoms with Crippen LogP contribution in [0.5, 0.6) is 0 Å². The molecule has 0 saturated carbocycles. The molecule has 0 aliphatic rings. The van der Waals surface area contributed by atoms with Gasteiger partial charge in [0.15, 0.2) is 0 Å². The lowest BCUT2D eigenvalue weighted by Gasteiger charge is -2.24. The Hall–Kier alpha value is 0.0169. The summed E-state index contributed by atoms with van der Waals surface area (Å²) < 4.78 is 16.0. The van der Waals surface area contributed by atoms with Crippen LogP contribution in [0.1, 0.15) is 13.3 Å². The fraction of sp³-hybridized carbons (Fsp3) is 1.00. The van der Waals surface area contributed by atoms with Gasteiger partial charge in [-0.1, -0.05) is 6.92 Å². The van der Waals surface area contributed by atoms with Crippen molar-refractivity contribution in [1.29, 1.82) is 0 Å². The number of nitrogens with one attached hydrogen (secondary N) is 2. The summed E-state index contributed by atoms with van der Waals surface area (Å²) in [5, 5.41) is 6.62. The van der Waals surface area contributed by atoms with Gasteiger partial charge in [0, 0.05) is 40.5 Å². The second-order valence-electron chi connectivity index (χ2n) is 3.50. The molecule has 0 radical (unpaired) electrons. The highest BCUT2D eigenvalue weighted by atomic mass is 28.4. The van der Waals surface area contributed by atoms with E-state index in [9.17, 15) is 0 Å². The van der Waals surface area contributed by atoms with Gasteiger partial charge in [0.2, 0.25) is 0 Å². The molecule has 0 aliphatic carbocycles. The molecule has 16 heavy (non-hydrogen) atoms. The van der Waals surface area contributed by atoms with E-state index in [1.165, 1.54) is 0 Å². The summed E-state index contributed by atoms with van der Waals surface area (Å²) in [4.78, 5) is 0. The maximum absolute atomic E-state index is 5.34. The molecular weight excluding hydrogens is 224 g/mol. The van der Waals surface area contributed by atoms with Crippen LogP contribution in [0, 0.1) is 0 Å². The Morgan fingerprint density at radius 1 is 0.875 bits per heavy atom. The summed E-state index contributed by atoms with van der Waals surface area (Å²) >= 11 is 0. The largest absolute Gasteiger partial charge is 0.500 e. The highest BCUT2D eigenvalue weighted by molar-refractivity contribution is 6.60. The van der Waals surface area contributed by atoms with Crippen LogP contribution < -0.4 is 10.6 Å². The Morgan fingerprint density at radius 2 is 1.44 bits per heavy atom. The fourth-order valence-corrected chi connectivity index (χ4v) is 3.19. The zero-order valence-electron chi connectivity index (χ0n) is 11.0. The van der Waals surface area contributed by atoms with Gasteiger partial charge in [0.25, 0.3) is 0 Å². The van der Waals surface area contributed by atoms with E-state index >= 15 is 0 Å². The van der Waals surface area contributed by atoms with E-state index in [0.29, 0.717) is 0 Å². The van der Waals surface area contributed by atoms with Crippen LogP contribution >= 0.6 is 0 Å². The third-order valence-electron chi connectivity index (χ3n) is 2.50. The van der Waals surface area contributed by atoms with E-state index < -0.39 is 8.80 Å². The van der Waals surface area contributed by atoms with Crippen LogP contribution in [0.4, 0.5) is 0 Å². The predicted octanol–water partition coefficient (Wildman–Crippen LogP) is 0.454. The second-order valence-corrected chi connectivity index (χ2v) is 6.59. The number of likely N-dealkylation sites (N-methyl/N-ethyl adjacent to an activating group) is 1. The Labute approximate surface area is 100 Å². The van der Waals surface area contributed by atoms with E-state index in [0.717, 1.165) is 38.6 Å². The molecule has 0 heterocycles. The maximum Gasteiger partial charge on any atom is 0.500 e. The molecule has 0 unspecified atom stereocenters. The van der Waals surface area contributed by atoms with E-state index in [-0.39, 0.29) is 0 Å². The summed E-state index contributed by atoms with van der Waals surface area (Å²) in [5.74, 6) is 0. The van der Waals surface area contributed by atoms with E-state index in [2.05, 4.69) is 17.6 Å². The van der Waals surface area contributed by atoms with Crippen molar-refractivity contribution in [2.24, 2.45) is 0 Å². The molecule has 0 aromatic rings. The molecule has 0 atom stereocenters. The first-order valence-corrected chi connectivity index (χ1v) is 7.74. The smallest absolute Gasteiger partial charge is 0.377 e. The highest BCUT2D eigenvalue weighted by Crippen LogP contribution is 2.14. The number of hydrogen-bond donors (Lipinski definition) is 2.